The second-order valence-electron chi connectivity index (χ2n) is 29.7. The topological polar surface area (TPSA) is 23.3 Å². The van der Waals surface area contributed by atoms with E-state index in [1.807, 2.05) is 0 Å². The highest BCUT2D eigenvalue weighted by Gasteiger charge is 2.25. The van der Waals surface area contributed by atoms with Gasteiger partial charge in [-0.1, -0.05) is 36.4 Å². The van der Waals surface area contributed by atoms with E-state index in [1.165, 1.54) is 212 Å². The van der Waals surface area contributed by atoms with E-state index in [-0.39, 0.29) is 0 Å². The van der Waals surface area contributed by atoms with Crippen LogP contribution in [-0.4, -0.2) is 0 Å². The maximum absolute atomic E-state index is 2.32. The van der Waals surface area contributed by atoms with Gasteiger partial charge in [0.05, 0.1) is 22.3 Å². The highest BCUT2D eigenvalue weighted by molar-refractivity contribution is 5.73. The number of hydrogen-bond acceptors (Lipinski definition) is 0. The first-order valence-electron chi connectivity index (χ1n) is 37.1. The maximum Gasteiger partial charge on any atom is 0.215 e. The van der Waals surface area contributed by atoms with Crippen LogP contribution in [0.25, 0.3) is 67.5 Å². The van der Waals surface area contributed by atoms with Gasteiger partial charge in [-0.15, -0.1) is 0 Å². The molecule has 0 aliphatic heterocycles. The molecule has 6 heterocycles. The lowest BCUT2D eigenvalue weighted by Gasteiger charge is -2.17. The molecular weight excluding hydrogens is 1260 g/mol. The third kappa shape index (κ3) is 17.7. The van der Waals surface area contributed by atoms with Crippen LogP contribution >= 0.6 is 0 Å². The number of benzene rings is 6. The van der Waals surface area contributed by atoms with Crippen LogP contribution in [0.4, 0.5) is 0 Å². The largest absolute Gasteiger partial charge is 0.215 e. The number of aryl methyl sites for hydroxylation is 13. The van der Waals surface area contributed by atoms with Crippen LogP contribution in [0, 0.1) is 180 Å². The van der Waals surface area contributed by atoms with Crippen LogP contribution in [-0.2, 0) is 42.3 Å². The van der Waals surface area contributed by atoms with Crippen molar-refractivity contribution in [3.05, 3.63) is 315 Å². The fraction of sp³-hybridized carbons (Fsp3) is 0.327. The Morgan fingerprint density at radius 2 is 0.452 bits per heavy atom. The maximum atomic E-state index is 2.32. The summed E-state index contributed by atoms with van der Waals surface area (Å²) in [5.41, 5.74) is 52.0. The first-order valence-corrected chi connectivity index (χ1v) is 37.1. The zero-order valence-electron chi connectivity index (χ0n) is 69.8. The van der Waals surface area contributed by atoms with Crippen LogP contribution in [0.2, 0.25) is 0 Å². The third-order valence-electron chi connectivity index (χ3n) is 23.4. The fourth-order valence-electron chi connectivity index (χ4n) is 14.9. The minimum Gasteiger partial charge on any atom is -0.201 e. The van der Waals surface area contributed by atoms with Gasteiger partial charge in [0, 0.05) is 89.8 Å². The monoisotopic (exact) mass is 1380 g/mol. The molecule has 0 N–H and O–H groups in total. The Balaban J connectivity index is 0.000000175. The second-order valence-corrected chi connectivity index (χ2v) is 29.7. The Morgan fingerprint density at radius 1 is 0.183 bits per heavy atom. The smallest absolute Gasteiger partial charge is 0.201 e. The van der Waals surface area contributed by atoms with Gasteiger partial charge in [-0.3, -0.25) is 0 Å². The summed E-state index contributed by atoms with van der Waals surface area (Å²) >= 11 is 0. The van der Waals surface area contributed by atoms with Gasteiger partial charge in [-0.05, 0) is 344 Å². The van der Waals surface area contributed by atoms with Crippen LogP contribution in [0.15, 0.2) is 171 Å². The van der Waals surface area contributed by atoms with Crippen molar-refractivity contribution in [1.29, 1.82) is 0 Å². The number of aromatic nitrogens is 6. The quantitative estimate of drug-likeness (QED) is 0.148. The van der Waals surface area contributed by atoms with Gasteiger partial charge in [0.2, 0.25) is 34.2 Å². The van der Waals surface area contributed by atoms with E-state index in [0.717, 1.165) is 0 Å². The van der Waals surface area contributed by atoms with Gasteiger partial charge in [-0.25, -0.2) is 22.8 Å². The Labute approximate surface area is 628 Å². The molecule has 0 radical (unpaired) electrons. The minimum absolute atomic E-state index is 1.27. The van der Waals surface area contributed by atoms with Crippen molar-refractivity contribution in [2.45, 2.75) is 180 Å². The van der Waals surface area contributed by atoms with Crippen molar-refractivity contribution in [1.82, 2.24) is 0 Å². The average molecular weight is 1390 g/mol. The summed E-state index contributed by atoms with van der Waals surface area (Å²) in [4.78, 5) is 0. The fourth-order valence-corrected chi connectivity index (χ4v) is 14.9. The van der Waals surface area contributed by atoms with Crippen LogP contribution in [0.5, 0.6) is 0 Å². The molecule has 0 saturated carbocycles. The molecule has 0 amide bonds. The summed E-state index contributed by atoms with van der Waals surface area (Å²) in [6.45, 7) is 57.4. The van der Waals surface area contributed by atoms with E-state index in [1.54, 1.807) is 0 Å². The molecule has 0 fully saturated rings. The minimum atomic E-state index is 1.27. The number of hydrogen-bond donors (Lipinski definition) is 0. The SMILES string of the molecule is Cc1c(C)c(C)c(-c2cccc[n+]2C)c(C)c1C.Cc1cc(-c2cccc[n+]2C)c(C)c(C)c1C.Cc1cc(C)c(-c2cccc[n+]2C)c(C)c1C.Cc1cc(C)c(-c2cccc[n+]2C)c(C)c1C.Cc1cc(C)c(C)c(-c2cccc[n+]2C)c1C.Cc1ccccc1-c1c(C)c(C)c(C)c(C)[n+]1C. The Kier molecular flexibility index (Phi) is 27.5. The summed E-state index contributed by atoms with van der Waals surface area (Å²) in [6, 6.07) is 49.5. The normalized spacial score (nSPS) is 10.7. The molecule has 0 bridgehead atoms. The zero-order valence-corrected chi connectivity index (χ0v) is 69.8. The molecule has 540 valence electrons. The van der Waals surface area contributed by atoms with Gasteiger partial charge < -0.3 is 0 Å². The lowest BCUT2D eigenvalue weighted by atomic mass is 9.88. The van der Waals surface area contributed by atoms with E-state index in [0.29, 0.717) is 0 Å². The molecule has 6 aromatic carbocycles. The third-order valence-corrected chi connectivity index (χ3v) is 23.4. The highest BCUT2D eigenvalue weighted by Crippen LogP contribution is 2.35. The van der Waals surface area contributed by atoms with Crippen molar-refractivity contribution in [3.63, 3.8) is 0 Å². The first kappa shape index (κ1) is 81.5. The number of rotatable bonds is 6. The predicted octanol–water partition coefficient (Wildman–Crippen LogP) is 21.1. The van der Waals surface area contributed by atoms with Crippen molar-refractivity contribution in [3.8, 4) is 67.5 Å². The molecule has 12 rings (SSSR count). The van der Waals surface area contributed by atoms with Crippen molar-refractivity contribution in [2.75, 3.05) is 0 Å². The van der Waals surface area contributed by atoms with Crippen molar-refractivity contribution >= 4 is 0 Å². The van der Waals surface area contributed by atoms with Crippen molar-refractivity contribution in [2.24, 2.45) is 42.3 Å². The molecule has 0 spiro atoms. The Bertz CT molecular complexity index is 4850. The van der Waals surface area contributed by atoms with E-state index in [2.05, 4.69) is 420 Å². The predicted molar refractivity (Wildman–Crippen MR) is 441 cm³/mol. The summed E-state index contributed by atoms with van der Waals surface area (Å²) in [5, 5.41) is 0. The highest BCUT2D eigenvalue weighted by atomic mass is 15.0. The molecule has 0 aliphatic carbocycles. The molecule has 0 atom stereocenters. The summed E-state index contributed by atoms with van der Waals surface area (Å²) in [7, 11) is 12.7. The summed E-state index contributed by atoms with van der Waals surface area (Å²) in [6.07, 6.45) is 10.5. The zero-order chi connectivity index (χ0) is 77.2. The average Bonchev–Trinajstić information content (AvgIpc) is 0.794. The van der Waals surface area contributed by atoms with E-state index >= 15 is 0 Å². The van der Waals surface area contributed by atoms with Crippen LogP contribution in [0.1, 0.15) is 145 Å². The second kappa shape index (κ2) is 35.1. The number of pyridine rings is 6. The molecule has 6 heteroatoms. The van der Waals surface area contributed by atoms with Crippen LogP contribution < -0.4 is 27.4 Å². The number of nitrogens with zero attached hydrogens (tertiary/aromatic N) is 6. The van der Waals surface area contributed by atoms with Gasteiger partial charge in [0.15, 0.2) is 36.7 Å². The lowest BCUT2D eigenvalue weighted by molar-refractivity contribution is -0.667. The molecule has 0 saturated heterocycles. The van der Waals surface area contributed by atoms with Gasteiger partial charge in [0.1, 0.15) is 42.3 Å². The van der Waals surface area contributed by atoms with E-state index in [4.69, 9.17) is 0 Å². The Hall–Kier alpha value is -9.78. The van der Waals surface area contributed by atoms with Gasteiger partial charge >= 0.3 is 0 Å². The van der Waals surface area contributed by atoms with Crippen molar-refractivity contribution < 1.29 is 27.4 Å². The molecule has 6 aromatic heterocycles. The van der Waals surface area contributed by atoms with Crippen LogP contribution in [0.3, 0.4) is 0 Å². The van der Waals surface area contributed by atoms with Gasteiger partial charge in [0.25, 0.3) is 0 Å². The van der Waals surface area contributed by atoms with E-state index in [9.17, 15) is 0 Å². The van der Waals surface area contributed by atoms with E-state index < -0.39 is 0 Å². The molecule has 6 nitrogen and oxygen atoms in total. The molecule has 0 aliphatic rings. The molecular formula is C98H124N6+6. The lowest BCUT2D eigenvalue weighted by Crippen LogP contribution is -2.37. The molecule has 104 heavy (non-hydrogen) atoms. The summed E-state index contributed by atoms with van der Waals surface area (Å²) in [5.74, 6) is 0. The van der Waals surface area contributed by atoms with Gasteiger partial charge in [-0.2, -0.15) is 4.57 Å². The Morgan fingerprint density at radius 3 is 0.827 bits per heavy atom. The summed E-state index contributed by atoms with van der Waals surface area (Å²) < 4.78 is 13.3. The first-order chi connectivity index (χ1) is 49.0. The molecule has 12 aromatic rings. The standard InChI is InChI=1S/2C17H22N.4C16H20N/c1-11-12(2)14(4)17(15(5)13(11)3)16-9-7-8-10-18(16)6;1-11-9-7-8-10-16(11)17-14(4)12(2)13(3)15(5)18(17)6;1-11-10-15(14(4)13(3)12(11)2)16-8-6-7-9-17(16)5;2*1-11-10-12(2)16(14(4)13(11)3)15-8-6-7-9-17(15)5;1-11-10-12(2)14(4)16(13(11)3)15-8-6-7-9-17(15)5/h2*7-10H,1-6H3;4*6-10H,1-5H3/q6*+1. The molecule has 0 unspecified atom stereocenters.